The molecule has 1 saturated heterocycles. The van der Waals surface area contributed by atoms with Gasteiger partial charge in [0, 0.05) is 32.6 Å². The fraction of sp³-hybridized carbons (Fsp3) is 0.389. The third kappa shape index (κ3) is 4.94. The van der Waals surface area contributed by atoms with Crippen LogP contribution in [-0.2, 0) is 9.59 Å². The van der Waals surface area contributed by atoms with Gasteiger partial charge in [-0.3, -0.25) is 9.59 Å². The number of nitrogens with one attached hydrogen (secondary N) is 1. The minimum absolute atomic E-state index is 0.0458. The molecule has 24 heavy (non-hydrogen) atoms. The molecule has 0 atom stereocenters. The lowest BCUT2D eigenvalue weighted by Crippen LogP contribution is -2.38. The number of rotatable bonds is 5. The second-order valence-corrected chi connectivity index (χ2v) is 5.91. The third-order valence-electron chi connectivity index (χ3n) is 4.26. The summed E-state index contributed by atoms with van der Waals surface area (Å²) in [6.45, 7) is 1.31. The molecule has 0 radical (unpaired) electrons. The summed E-state index contributed by atoms with van der Waals surface area (Å²) < 4.78 is 0. The van der Waals surface area contributed by atoms with Crippen LogP contribution in [0.25, 0.3) is 6.08 Å². The van der Waals surface area contributed by atoms with Crippen LogP contribution < -0.4 is 5.32 Å². The number of piperidine rings is 1. The lowest BCUT2D eigenvalue weighted by atomic mass is 9.93. The molecule has 1 heterocycles. The van der Waals surface area contributed by atoms with E-state index < -0.39 is 5.97 Å². The van der Waals surface area contributed by atoms with Crippen LogP contribution >= 0.6 is 0 Å². The highest BCUT2D eigenvalue weighted by Crippen LogP contribution is 2.20. The minimum atomic E-state index is -0.971. The first-order valence-corrected chi connectivity index (χ1v) is 8.00. The molecular formula is C18H22N2O4. The van der Waals surface area contributed by atoms with Crippen LogP contribution in [0.15, 0.2) is 30.3 Å². The summed E-state index contributed by atoms with van der Waals surface area (Å²) in [4.78, 5) is 36.2. The highest BCUT2D eigenvalue weighted by atomic mass is 16.4. The Balaban J connectivity index is 1.84. The van der Waals surface area contributed by atoms with Crippen molar-refractivity contribution in [1.29, 1.82) is 0 Å². The molecule has 0 saturated carbocycles. The number of nitrogens with zero attached hydrogens (tertiary/aromatic N) is 1. The Kier molecular flexibility index (Phi) is 6.12. The molecule has 1 aliphatic rings. The maximum Gasteiger partial charge on any atom is 0.335 e. The van der Waals surface area contributed by atoms with Crippen molar-refractivity contribution < 1.29 is 19.5 Å². The first-order valence-electron chi connectivity index (χ1n) is 8.00. The summed E-state index contributed by atoms with van der Waals surface area (Å²) in [5.41, 5.74) is 1.000. The second kappa shape index (κ2) is 8.29. The Labute approximate surface area is 141 Å². The van der Waals surface area contributed by atoms with E-state index >= 15 is 0 Å². The Bertz CT molecular complexity index is 629. The van der Waals surface area contributed by atoms with E-state index in [0.717, 1.165) is 18.4 Å². The molecule has 2 rings (SSSR count). The zero-order valence-corrected chi connectivity index (χ0v) is 13.7. The SMILES string of the molecule is CNC(=O)CC1CCN(C(=O)/C=C/c2ccc(C(=O)O)cc2)CC1. The van der Waals surface area contributed by atoms with Gasteiger partial charge in [0.25, 0.3) is 0 Å². The van der Waals surface area contributed by atoms with Crippen LogP contribution in [0.5, 0.6) is 0 Å². The number of carbonyl (C=O) groups is 3. The number of hydrogen-bond acceptors (Lipinski definition) is 3. The van der Waals surface area contributed by atoms with Gasteiger partial charge in [0.05, 0.1) is 5.56 Å². The number of hydrogen-bond donors (Lipinski definition) is 2. The molecular weight excluding hydrogens is 308 g/mol. The molecule has 0 aromatic heterocycles. The average molecular weight is 330 g/mol. The number of amides is 2. The van der Waals surface area contributed by atoms with Gasteiger partial charge < -0.3 is 15.3 Å². The molecule has 1 fully saturated rings. The highest BCUT2D eigenvalue weighted by molar-refractivity contribution is 5.92. The number of carbonyl (C=O) groups excluding carboxylic acids is 2. The van der Waals surface area contributed by atoms with Gasteiger partial charge in [0.2, 0.25) is 11.8 Å². The summed E-state index contributed by atoms with van der Waals surface area (Å²) in [5, 5.41) is 11.5. The normalized spacial score (nSPS) is 15.5. The Morgan fingerprint density at radius 1 is 1.21 bits per heavy atom. The van der Waals surface area contributed by atoms with Gasteiger partial charge in [-0.1, -0.05) is 12.1 Å². The van der Waals surface area contributed by atoms with Crippen molar-refractivity contribution in [1.82, 2.24) is 10.2 Å². The van der Waals surface area contributed by atoms with Crippen LogP contribution in [0.1, 0.15) is 35.2 Å². The van der Waals surface area contributed by atoms with Gasteiger partial charge in [0.1, 0.15) is 0 Å². The molecule has 6 nitrogen and oxygen atoms in total. The predicted octanol–water partition coefficient (Wildman–Crippen LogP) is 1.77. The second-order valence-electron chi connectivity index (χ2n) is 5.91. The van der Waals surface area contributed by atoms with Crippen molar-refractivity contribution in [2.24, 2.45) is 5.92 Å². The smallest absolute Gasteiger partial charge is 0.335 e. The first-order chi connectivity index (χ1) is 11.5. The monoisotopic (exact) mass is 330 g/mol. The number of aromatic carboxylic acids is 1. The molecule has 0 unspecified atom stereocenters. The molecule has 0 bridgehead atoms. The van der Waals surface area contributed by atoms with Crippen LogP contribution in [-0.4, -0.2) is 47.9 Å². The Hall–Kier alpha value is -2.63. The molecule has 2 N–H and O–H groups in total. The van der Waals surface area contributed by atoms with Gasteiger partial charge in [-0.25, -0.2) is 4.79 Å². The van der Waals surface area contributed by atoms with E-state index in [-0.39, 0.29) is 17.4 Å². The van der Waals surface area contributed by atoms with E-state index in [2.05, 4.69) is 5.32 Å². The van der Waals surface area contributed by atoms with Crippen molar-refractivity contribution in [2.75, 3.05) is 20.1 Å². The standard InChI is InChI=1S/C18H22N2O4/c1-19-16(21)12-14-8-10-20(11-9-14)17(22)7-4-13-2-5-15(6-3-13)18(23)24/h2-7,14H,8-12H2,1H3,(H,19,21)(H,23,24)/b7-4+. The number of carboxylic acid groups (broad SMARTS) is 1. The number of benzene rings is 1. The number of likely N-dealkylation sites (tertiary alicyclic amines) is 1. The average Bonchev–Trinajstić information content (AvgIpc) is 2.60. The van der Waals surface area contributed by atoms with Crippen molar-refractivity contribution in [2.45, 2.75) is 19.3 Å². The Morgan fingerprint density at radius 2 is 1.83 bits per heavy atom. The van der Waals surface area contributed by atoms with Crippen molar-refractivity contribution in [3.05, 3.63) is 41.5 Å². The summed E-state index contributed by atoms with van der Waals surface area (Å²) >= 11 is 0. The first kappa shape index (κ1) is 17.7. The van der Waals surface area contributed by atoms with E-state index in [4.69, 9.17) is 5.11 Å². The van der Waals surface area contributed by atoms with Gasteiger partial charge in [-0.15, -0.1) is 0 Å². The van der Waals surface area contributed by atoms with E-state index in [1.54, 1.807) is 30.2 Å². The molecule has 1 aromatic carbocycles. The molecule has 0 aliphatic carbocycles. The summed E-state index contributed by atoms with van der Waals surface area (Å²) in [5.74, 6) is -0.650. The van der Waals surface area contributed by atoms with Gasteiger partial charge in [-0.05, 0) is 42.5 Å². The van der Waals surface area contributed by atoms with Gasteiger partial charge >= 0.3 is 5.97 Å². The maximum absolute atomic E-state index is 12.2. The van der Waals surface area contributed by atoms with E-state index in [1.165, 1.54) is 18.2 Å². The summed E-state index contributed by atoms with van der Waals surface area (Å²) in [6.07, 6.45) is 5.38. The maximum atomic E-state index is 12.2. The lowest BCUT2D eigenvalue weighted by Gasteiger charge is -2.31. The molecule has 2 amide bonds. The summed E-state index contributed by atoms with van der Waals surface area (Å²) in [7, 11) is 1.63. The van der Waals surface area contributed by atoms with E-state index in [9.17, 15) is 14.4 Å². The van der Waals surface area contributed by atoms with E-state index in [0.29, 0.717) is 25.4 Å². The fourth-order valence-corrected chi connectivity index (χ4v) is 2.73. The summed E-state index contributed by atoms with van der Waals surface area (Å²) in [6, 6.07) is 6.36. The van der Waals surface area contributed by atoms with Crippen molar-refractivity contribution in [3.63, 3.8) is 0 Å². The zero-order chi connectivity index (χ0) is 17.5. The van der Waals surface area contributed by atoms with E-state index in [1.807, 2.05) is 0 Å². The lowest BCUT2D eigenvalue weighted by molar-refractivity contribution is -0.127. The molecule has 128 valence electrons. The molecule has 0 spiro atoms. The Morgan fingerprint density at radius 3 is 2.38 bits per heavy atom. The van der Waals surface area contributed by atoms with Crippen LogP contribution in [0.4, 0.5) is 0 Å². The molecule has 6 heteroatoms. The number of carboxylic acids is 1. The van der Waals surface area contributed by atoms with Crippen molar-refractivity contribution >= 4 is 23.9 Å². The third-order valence-corrected chi connectivity index (χ3v) is 4.26. The van der Waals surface area contributed by atoms with Crippen molar-refractivity contribution in [3.8, 4) is 0 Å². The van der Waals surface area contributed by atoms with Crippen LogP contribution in [0.2, 0.25) is 0 Å². The van der Waals surface area contributed by atoms with Gasteiger partial charge in [0.15, 0.2) is 0 Å². The zero-order valence-electron chi connectivity index (χ0n) is 13.7. The molecule has 1 aromatic rings. The van der Waals surface area contributed by atoms with Crippen LogP contribution in [0.3, 0.4) is 0 Å². The quantitative estimate of drug-likeness (QED) is 0.806. The topological polar surface area (TPSA) is 86.7 Å². The fourth-order valence-electron chi connectivity index (χ4n) is 2.73. The molecule has 1 aliphatic heterocycles. The van der Waals surface area contributed by atoms with Gasteiger partial charge in [-0.2, -0.15) is 0 Å². The highest BCUT2D eigenvalue weighted by Gasteiger charge is 2.22. The predicted molar refractivity (Wildman–Crippen MR) is 90.4 cm³/mol. The largest absolute Gasteiger partial charge is 0.478 e. The van der Waals surface area contributed by atoms with Crippen LogP contribution in [0, 0.1) is 5.92 Å². The minimum Gasteiger partial charge on any atom is -0.478 e.